The van der Waals surface area contributed by atoms with Gasteiger partial charge in [-0.1, -0.05) is 6.07 Å². The number of hydrogen-bond donors (Lipinski definition) is 3. The number of nitrogens with zero attached hydrogens (tertiary/aromatic N) is 1. The van der Waals surface area contributed by atoms with Crippen LogP contribution in [0.25, 0.3) is 0 Å². The Bertz CT molecular complexity index is 1120. The lowest BCUT2D eigenvalue weighted by Crippen LogP contribution is -2.32. The molecule has 4 N–H and O–H groups in total. The summed E-state index contributed by atoms with van der Waals surface area (Å²) in [4.78, 5) is 47.1. The minimum absolute atomic E-state index is 0.277. The molecule has 3 rings (SSSR count). The molecule has 0 aliphatic carbocycles. The van der Waals surface area contributed by atoms with E-state index in [1.54, 1.807) is 41.8 Å². The normalized spacial score (nSPS) is 10.5. The molecule has 3 aromatic rings. The monoisotopic (exact) mass is 436 g/mol. The zero-order valence-electron chi connectivity index (χ0n) is 15.9. The molecule has 0 bridgehead atoms. The summed E-state index contributed by atoms with van der Waals surface area (Å²) >= 11 is 1.28. The Labute approximate surface area is 180 Å². The van der Waals surface area contributed by atoms with Crippen molar-refractivity contribution in [1.29, 1.82) is 0 Å². The standard InChI is InChI=1S/C21H16N4O5S/c22-18(26)14-5-7-15(8-6-14)24-19(27)20(28)25-23-12-13-3-9-16(10-4-13)30-21(29)17-2-1-11-31-17/h1-12H,(H2,22,26)(H,24,27)(H,25,28)/b23-12+. The third-order valence-electron chi connectivity index (χ3n) is 3.83. The lowest BCUT2D eigenvalue weighted by Gasteiger charge is -2.04. The van der Waals surface area contributed by atoms with Crippen molar-refractivity contribution >= 4 is 46.9 Å². The van der Waals surface area contributed by atoms with Gasteiger partial charge in [0.2, 0.25) is 5.91 Å². The number of nitrogens with two attached hydrogens (primary N) is 1. The molecule has 0 spiro atoms. The summed E-state index contributed by atoms with van der Waals surface area (Å²) in [5, 5.41) is 7.87. The number of amides is 3. The fourth-order valence-electron chi connectivity index (χ4n) is 2.30. The number of thiophene rings is 1. The molecule has 2 aromatic carbocycles. The largest absolute Gasteiger partial charge is 0.422 e. The molecule has 1 heterocycles. The van der Waals surface area contributed by atoms with Gasteiger partial charge in [0, 0.05) is 11.3 Å². The lowest BCUT2D eigenvalue weighted by atomic mass is 10.2. The molecule has 10 heteroatoms. The molecule has 9 nitrogen and oxygen atoms in total. The predicted molar refractivity (Wildman–Crippen MR) is 115 cm³/mol. The number of hydrogen-bond acceptors (Lipinski definition) is 7. The first-order valence-electron chi connectivity index (χ1n) is 8.82. The number of carbonyl (C=O) groups excluding carboxylic acids is 4. The summed E-state index contributed by atoms with van der Waals surface area (Å²) in [5.74, 6) is -2.59. The van der Waals surface area contributed by atoms with Gasteiger partial charge >= 0.3 is 17.8 Å². The van der Waals surface area contributed by atoms with Gasteiger partial charge in [0.25, 0.3) is 0 Å². The molecular formula is C21H16N4O5S. The van der Waals surface area contributed by atoms with Crippen LogP contribution in [-0.2, 0) is 9.59 Å². The Morgan fingerprint density at radius 2 is 1.65 bits per heavy atom. The van der Waals surface area contributed by atoms with E-state index in [4.69, 9.17) is 10.5 Å². The second kappa shape index (κ2) is 9.94. The van der Waals surface area contributed by atoms with Gasteiger partial charge in [-0.3, -0.25) is 14.4 Å². The Morgan fingerprint density at radius 3 is 2.26 bits per heavy atom. The predicted octanol–water partition coefficient (Wildman–Crippen LogP) is 2.16. The van der Waals surface area contributed by atoms with Crippen molar-refractivity contribution in [2.24, 2.45) is 10.8 Å². The zero-order valence-corrected chi connectivity index (χ0v) is 16.7. The smallest absolute Gasteiger partial charge is 0.353 e. The second-order valence-electron chi connectivity index (χ2n) is 6.03. The lowest BCUT2D eigenvalue weighted by molar-refractivity contribution is -0.136. The minimum atomic E-state index is -0.975. The summed E-state index contributed by atoms with van der Waals surface area (Å²) in [5.41, 5.74) is 8.45. The maximum Gasteiger partial charge on any atom is 0.353 e. The number of rotatable bonds is 6. The summed E-state index contributed by atoms with van der Waals surface area (Å²) < 4.78 is 5.24. The number of primary amides is 1. The molecule has 0 saturated carbocycles. The van der Waals surface area contributed by atoms with Gasteiger partial charge in [0.05, 0.1) is 6.21 Å². The third kappa shape index (κ3) is 6.08. The number of esters is 1. The van der Waals surface area contributed by atoms with E-state index in [-0.39, 0.29) is 5.56 Å². The SMILES string of the molecule is NC(=O)c1ccc(NC(=O)C(=O)N/N=C/c2ccc(OC(=O)c3cccs3)cc2)cc1. The van der Waals surface area contributed by atoms with E-state index in [2.05, 4.69) is 15.8 Å². The van der Waals surface area contributed by atoms with Crippen LogP contribution in [0.3, 0.4) is 0 Å². The Hall–Kier alpha value is -4.31. The summed E-state index contributed by atoms with van der Waals surface area (Å²) in [6.07, 6.45) is 1.33. The topological polar surface area (TPSA) is 140 Å². The number of nitrogens with one attached hydrogen (secondary N) is 2. The van der Waals surface area contributed by atoms with E-state index >= 15 is 0 Å². The Balaban J connectivity index is 1.49. The quantitative estimate of drug-likeness (QED) is 0.179. The molecule has 31 heavy (non-hydrogen) atoms. The first-order valence-corrected chi connectivity index (χ1v) is 9.70. The van der Waals surface area contributed by atoms with Gasteiger partial charge in [-0.25, -0.2) is 10.2 Å². The number of hydrazone groups is 1. The van der Waals surface area contributed by atoms with Crippen LogP contribution in [0, 0.1) is 0 Å². The Kier molecular flexibility index (Phi) is 6.86. The maximum absolute atomic E-state index is 11.9. The Morgan fingerprint density at radius 1 is 0.935 bits per heavy atom. The molecule has 0 unspecified atom stereocenters. The second-order valence-corrected chi connectivity index (χ2v) is 6.98. The molecular weight excluding hydrogens is 420 g/mol. The van der Waals surface area contributed by atoms with Crippen LogP contribution >= 0.6 is 11.3 Å². The first-order chi connectivity index (χ1) is 14.9. The molecule has 1 aromatic heterocycles. The summed E-state index contributed by atoms with van der Waals surface area (Å²) in [6.45, 7) is 0. The summed E-state index contributed by atoms with van der Waals surface area (Å²) in [6, 6.07) is 15.6. The van der Waals surface area contributed by atoms with E-state index in [0.717, 1.165) is 0 Å². The van der Waals surface area contributed by atoms with E-state index < -0.39 is 23.7 Å². The first kappa shape index (κ1) is 21.4. The van der Waals surface area contributed by atoms with Gasteiger partial charge in [-0.05, 0) is 65.5 Å². The highest BCUT2D eigenvalue weighted by atomic mass is 32.1. The van der Waals surface area contributed by atoms with Gasteiger partial charge in [0.1, 0.15) is 10.6 Å². The highest BCUT2D eigenvalue weighted by Crippen LogP contribution is 2.16. The number of ether oxygens (including phenoxy) is 1. The van der Waals surface area contributed by atoms with Gasteiger partial charge in [0.15, 0.2) is 0 Å². The molecule has 0 aliphatic rings. The number of anilines is 1. The van der Waals surface area contributed by atoms with Gasteiger partial charge < -0.3 is 15.8 Å². The third-order valence-corrected chi connectivity index (χ3v) is 4.68. The van der Waals surface area contributed by atoms with Crippen molar-refractivity contribution in [3.05, 3.63) is 82.0 Å². The van der Waals surface area contributed by atoms with Crippen LogP contribution in [0.2, 0.25) is 0 Å². The van der Waals surface area contributed by atoms with Gasteiger partial charge in [-0.15, -0.1) is 11.3 Å². The molecule has 156 valence electrons. The van der Waals surface area contributed by atoms with Crippen LogP contribution < -0.4 is 21.2 Å². The average molecular weight is 436 g/mol. The molecule has 0 saturated heterocycles. The number of benzene rings is 2. The van der Waals surface area contributed by atoms with Crippen molar-refractivity contribution in [1.82, 2.24) is 5.43 Å². The minimum Gasteiger partial charge on any atom is -0.422 e. The van der Waals surface area contributed by atoms with Crippen molar-refractivity contribution in [2.45, 2.75) is 0 Å². The molecule has 0 aliphatic heterocycles. The fourth-order valence-corrected chi connectivity index (χ4v) is 2.89. The van der Waals surface area contributed by atoms with Crippen molar-refractivity contribution < 1.29 is 23.9 Å². The van der Waals surface area contributed by atoms with Crippen LogP contribution in [0.5, 0.6) is 5.75 Å². The van der Waals surface area contributed by atoms with Gasteiger partial charge in [-0.2, -0.15) is 5.10 Å². The average Bonchev–Trinajstić information content (AvgIpc) is 3.30. The maximum atomic E-state index is 11.9. The van der Waals surface area contributed by atoms with E-state index in [0.29, 0.717) is 21.9 Å². The van der Waals surface area contributed by atoms with Crippen molar-refractivity contribution in [3.63, 3.8) is 0 Å². The van der Waals surface area contributed by atoms with Crippen molar-refractivity contribution in [2.75, 3.05) is 5.32 Å². The molecule has 0 atom stereocenters. The molecule has 3 amide bonds. The zero-order chi connectivity index (χ0) is 22.2. The van der Waals surface area contributed by atoms with Crippen LogP contribution in [-0.4, -0.2) is 29.9 Å². The van der Waals surface area contributed by atoms with E-state index in [1.165, 1.54) is 41.8 Å². The van der Waals surface area contributed by atoms with Crippen LogP contribution in [0.4, 0.5) is 5.69 Å². The van der Waals surface area contributed by atoms with Crippen LogP contribution in [0.15, 0.2) is 71.1 Å². The molecule has 0 fully saturated rings. The highest BCUT2D eigenvalue weighted by Gasteiger charge is 2.13. The van der Waals surface area contributed by atoms with Crippen molar-refractivity contribution in [3.8, 4) is 5.75 Å². The summed E-state index contributed by atoms with van der Waals surface area (Å²) in [7, 11) is 0. The van der Waals surface area contributed by atoms with E-state index in [9.17, 15) is 19.2 Å². The fraction of sp³-hybridized carbons (Fsp3) is 0. The van der Waals surface area contributed by atoms with Crippen LogP contribution in [0.1, 0.15) is 25.6 Å². The van der Waals surface area contributed by atoms with E-state index in [1.807, 2.05) is 0 Å². The highest BCUT2D eigenvalue weighted by molar-refractivity contribution is 7.12. The molecule has 0 radical (unpaired) electrons. The number of carbonyl (C=O) groups is 4.